The fourth-order valence-corrected chi connectivity index (χ4v) is 1.33. The average Bonchev–Trinajstić information content (AvgIpc) is 2.15. The minimum absolute atomic E-state index is 0.171. The van der Waals surface area contributed by atoms with Crippen LogP contribution in [0.15, 0.2) is 24.3 Å². The van der Waals surface area contributed by atoms with Crippen molar-refractivity contribution in [2.24, 2.45) is 0 Å². The second-order valence-electron chi connectivity index (χ2n) is 2.72. The smallest absolute Gasteiger partial charge is 0.325 e. The first-order valence-electron chi connectivity index (χ1n) is 3.84. The molecule has 1 aromatic rings. The molecule has 1 aromatic carbocycles. The van der Waals surface area contributed by atoms with Crippen LogP contribution in [0.25, 0.3) is 0 Å². The summed E-state index contributed by atoms with van der Waals surface area (Å²) in [6.45, 7) is 0. The molecule has 0 aliphatic carbocycles. The number of alkyl halides is 3. The van der Waals surface area contributed by atoms with Gasteiger partial charge in [0.05, 0.1) is 7.11 Å². The number of aliphatic hydroxyl groups excluding tert-OH is 1. The lowest BCUT2D eigenvalue weighted by Crippen LogP contribution is -2.17. The van der Waals surface area contributed by atoms with Crippen LogP contribution in [-0.4, -0.2) is 16.1 Å². The highest BCUT2D eigenvalue weighted by molar-refractivity contribution is 14.1. The molecule has 0 spiro atoms. The predicted molar refractivity (Wildman–Crippen MR) is 56.9 cm³/mol. The lowest BCUT2D eigenvalue weighted by Gasteiger charge is -2.16. The number of rotatable bonds is 3. The Balaban J connectivity index is 2.87. The predicted octanol–water partition coefficient (Wildman–Crippen LogP) is 2.76. The zero-order valence-electron chi connectivity index (χ0n) is 7.38. The van der Waals surface area contributed by atoms with E-state index in [0.29, 0.717) is 5.75 Å². The Morgan fingerprint density at radius 1 is 1.36 bits per heavy atom. The molecule has 2 nitrogen and oxygen atoms in total. The van der Waals surface area contributed by atoms with Gasteiger partial charge in [0.15, 0.2) is 6.10 Å². The lowest BCUT2D eigenvalue weighted by atomic mass is 10.1. The van der Waals surface area contributed by atoms with E-state index in [2.05, 4.69) is 0 Å². The van der Waals surface area contributed by atoms with Crippen molar-refractivity contribution in [1.82, 2.24) is 0 Å². The molecule has 0 saturated heterocycles. The van der Waals surface area contributed by atoms with Crippen molar-refractivity contribution in [3.05, 3.63) is 29.8 Å². The van der Waals surface area contributed by atoms with Crippen LogP contribution in [0.4, 0.5) is 8.78 Å². The molecule has 0 amide bonds. The molecule has 78 valence electrons. The standard InChI is InChI=1S/C9H9F2IO2/c1-14-7-4-2-6(3-5-7)8(13)9(10,11)12/h2-5,8,13H,1H3. The molecular formula is C9H9F2IO2. The number of methoxy groups -OCH3 is 1. The van der Waals surface area contributed by atoms with E-state index in [1.807, 2.05) is 0 Å². The third-order valence-electron chi connectivity index (χ3n) is 1.74. The second kappa shape index (κ2) is 4.39. The monoisotopic (exact) mass is 314 g/mol. The molecule has 1 rings (SSSR count). The molecule has 5 heteroatoms. The molecule has 0 saturated carbocycles. The van der Waals surface area contributed by atoms with Gasteiger partial charge in [-0.05, 0) is 17.7 Å². The number of hydrogen-bond acceptors (Lipinski definition) is 2. The molecule has 0 aromatic heterocycles. The summed E-state index contributed by atoms with van der Waals surface area (Å²) in [5, 5.41) is 9.22. The van der Waals surface area contributed by atoms with Crippen LogP contribution in [0.3, 0.4) is 0 Å². The SMILES string of the molecule is COc1ccc(C(O)C(F)(F)I)cc1. The zero-order chi connectivity index (χ0) is 10.8. The molecule has 0 aliphatic rings. The maximum absolute atomic E-state index is 12.7. The molecule has 1 atom stereocenters. The molecular weight excluding hydrogens is 305 g/mol. The van der Waals surface area contributed by atoms with E-state index in [9.17, 15) is 13.9 Å². The van der Waals surface area contributed by atoms with Crippen LogP contribution in [0.5, 0.6) is 5.75 Å². The van der Waals surface area contributed by atoms with E-state index in [1.54, 1.807) is 0 Å². The van der Waals surface area contributed by atoms with E-state index in [0.717, 1.165) is 22.6 Å². The van der Waals surface area contributed by atoms with E-state index >= 15 is 0 Å². The Morgan fingerprint density at radius 3 is 2.21 bits per heavy atom. The molecule has 1 unspecified atom stereocenters. The van der Waals surface area contributed by atoms with Crippen molar-refractivity contribution in [2.75, 3.05) is 7.11 Å². The van der Waals surface area contributed by atoms with Crippen molar-refractivity contribution in [1.29, 1.82) is 0 Å². The Hall–Kier alpha value is -0.430. The van der Waals surface area contributed by atoms with Crippen LogP contribution in [-0.2, 0) is 0 Å². The van der Waals surface area contributed by atoms with Crippen molar-refractivity contribution in [3.63, 3.8) is 0 Å². The number of ether oxygens (including phenoxy) is 1. The molecule has 0 aliphatic heterocycles. The van der Waals surface area contributed by atoms with Gasteiger partial charge in [0.25, 0.3) is 0 Å². The minimum Gasteiger partial charge on any atom is -0.497 e. The molecule has 0 bridgehead atoms. The number of benzene rings is 1. The lowest BCUT2D eigenvalue weighted by molar-refractivity contribution is -0.0207. The fraction of sp³-hybridized carbons (Fsp3) is 0.333. The fourth-order valence-electron chi connectivity index (χ4n) is 0.975. The topological polar surface area (TPSA) is 29.5 Å². The summed E-state index contributed by atoms with van der Waals surface area (Å²) in [7, 11) is 1.48. The van der Waals surface area contributed by atoms with Gasteiger partial charge in [-0.15, -0.1) is 0 Å². The maximum atomic E-state index is 12.7. The summed E-state index contributed by atoms with van der Waals surface area (Å²) in [6.07, 6.45) is -1.78. The van der Waals surface area contributed by atoms with Crippen LogP contribution < -0.4 is 4.74 Å². The van der Waals surface area contributed by atoms with Gasteiger partial charge in [-0.3, -0.25) is 0 Å². The van der Waals surface area contributed by atoms with E-state index in [-0.39, 0.29) is 5.56 Å². The average molecular weight is 314 g/mol. The first kappa shape index (κ1) is 11.6. The third kappa shape index (κ3) is 2.78. The van der Waals surface area contributed by atoms with Gasteiger partial charge in [0, 0.05) is 22.6 Å². The van der Waals surface area contributed by atoms with Crippen LogP contribution in [0.1, 0.15) is 11.7 Å². The first-order valence-corrected chi connectivity index (χ1v) is 4.91. The Labute approximate surface area is 94.0 Å². The van der Waals surface area contributed by atoms with Gasteiger partial charge >= 0.3 is 3.93 Å². The van der Waals surface area contributed by atoms with Crippen molar-refractivity contribution in [3.8, 4) is 5.75 Å². The highest BCUT2D eigenvalue weighted by Gasteiger charge is 2.35. The minimum atomic E-state index is -3.16. The summed E-state index contributed by atoms with van der Waals surface area (Å²) in [5.41, 5.74) is 0.171. The summed E-state index contributed by atoms with van der Waals surface area (Å²) in [4.78, 5) is 0. The maximum Gasteiger partial charge on any atom is 0.325 e. The summed E-state index contributed by atoms with van der Waals surface area (Å²) < 4.78 is 27.1. The third-order valence-corrected chi connectivity index (χ3v) is 2.33. The van der Waals surface area contributed by atoms with Gasteiger partial charge in [-0.25, -0.2) is 0 Å². The quantitative estimate of drug-likeness (QED) is 0.687. The van der Waals surface area contributed by atoms with E-state index in [4.69, 9.17) is 4.74 Å². The van der Waals surface area contributed by atoms with Gasteiger partial charge in [-0.1, -0.05) is 12.1 Å². The summed E-state index contributed by atoms with van der Waals surface area (Å²) in [6, 6.07) is 5.88. The highest BCUT2D eigenvalue weighted by Crippen LogP contribution is 2.37. The highest BCUT2D eigenvalue weighted by atomic mass is 127. The normalized spacial score (nSPS) is 13.8. The van der Waals surface area contributed by atoms with Crippen molar-refractivity contribution >= 4 is 22.6 Å². The van der Waals surface area contributed by atoms with Crippen LogP contribution in [0, 0.1) is 0 Å². The van der Waals surface area contributed by atoms with Crippen molar-refractivity contribution < 1.29 is 18.6 Å². The summed E-state index contributed by atoms with van der Waals surface area (Å²) in [5.74, 6) is 0.567. The van der Waals surface area contributed by atoms with Gasteiger partial charge in [-0.2, -0.15) is 8.78 Å². The van der Waals surface area contributed by atoms with E-state index in [1.165, 1.54) is 31.4 Å². The number of aliphatic hydroxyl groups is 1. The van der Waals surface area contributed by atoms with Gasteiger partial charge in [0.2, 0.25) is 0 Å². The first-order chi connectivity index (χ1) is 6.45. The second-order valence-corrected chi connectivity index (χ2v) is 4.16. The Bertz CT molecular complexity index is 295. The van der Waals surface area contributed by atoms with Crippen molar-refractivity contribution in [2.45, 2.75) is 10.0 Å². The zero-order valence-corrected chi connectivity index (χ0v) is 9.53. The molecule has 14 heavy (non-hydrogen) atoms. The van der Waals surface area contributed by atoms with Gasteiger partial charge < -0.3 is 9.84 Å². The molecule has 1 N–H and O–H groups in total. The van der Waals surface area contributed by atoms with Crippen LogP contribution in [0.2, 0.25) is 0 Å². The molecule has 0 radical (unpaired) electrons. The number of halogens is 3. The largest absolute Gasteiger partial charge is 0.497 e. The molecule has 0 fully saturated rings. The Kier molecular flexibility index (Phi) is 3.65. The van der Waals surface area contributed by atoms with E-state index < -0.39 is 10.0 Å². The number of hydrogen-bond donors (Lipinski definition) is 1. The van der Waals surface area contributed by atoms with Crippen LogP contribution >= 0.6 is 22.6 Å². The summed E-state index contributed by atoms with van der Waals surface area (Å²) >= 11 is 0.910. The van der Waals surface area contributed by atoms with Gasteiger partial charge in [0.1, 0.15) is 5.75 Å². The Morgan fingerprint density at radius 2 is 1.86 bits per heavy atom. The molecule has 0 heterocycles.